The molecule has 1 saturated carbocycles. The van der Waals surface area contributed by atoms with Gasteiger partial charge >= 0.3 is 0 Å². The van der Waals surface area contributed by atoms with E-state index in [-0.39, 0.29) is 18.0 Å². The van der Waals surface area contributed by atoms with Crippen LogP contribution in [0, 0.1) is 0 Å². The van der Waals surface area contributed by atoms with Crippen LogP contribution < -0.4 is 11.1 Å². The Labute approximate surface area is 71.3 Å². The number of amidine groups is 1. The summed E-state index contributed by atoms with van der Waals surface area (Å²) in [6, 6.07) is 0. The molecule has 70 valence electrons. The van der Waals surface area contributed by atoms with Crippen LogP contribution in [0.4, 0.5) is 0 Å². The van der Waals surface area contributed by atoms with E-state index in [1.807, 2.05) is 0 Å². The van der Waals surface area contributed by atoms with Gasteiger partial charge in [0, 0.05) is 18.5 Å². The van der Waals surface area contributed by atoms with Crippen LogP contribution in [0.3, 0.4) is 0 Å². The van der Waals surface area contributed by atoms with Crippen LogP contribution in [0.25, 0.3) is 0 Å². The van der Waals surface area contributed by atoms with Crippen LogP contribution in [0.5, 0.6) is 0 Å². The largest absolute Gasteiger partial charge is 0.409 e. The SMILES string of the molecule is NC(CCNC1(CO)CC1)=NO. The Kier molecular flexibility index (Phi) is 2.88. The predicted octanol–water partition coefficient (Wildman–Crippen LogP) is -0.763. The molecular formula is C7H15N3O2. The number of hydrogen-bond acceptors (Lipinski definition) is 4. The summed E-state index contributed by atoms with van der Waals surface area (Å²) in [6.07, 6.45) is 2.54. The molecular weight excluding hydrogens is 158 g/mol. The van der Waals surface area contributed by atoms with Crippen LogP contribution in [-0.2, 0) is 0 Å². The summed E-state index contributed by atoms with van der Waals surface area (Å²) in [4.78, 5) is 0. The maximum Gasteiger partial charge on any atom is 0.140 e. The minimum absolute atomic E-state index is 0.0598. The molecule has 5 nitrogen and oxygen atoms in total. The van der Waals surface area contributed by atoms with Gasteiger partial charge in [-0.15, -0.1) is 0 Å². The molecule has 1 rings (SSSR count). The lowest BCUT2D eigenvalue weighted by Gasteiger charge is -2.12. The van der Waals surface area contributed by atoms with Gasteiger partial charge in [-0.25, -0.2) is 0 Å². The van der Waals surface area contributed by atoms with E-state index in [1.54, 1.807) is 0 Å². The Morgan fingerprint density at radius 1 is 1.58 bits per heavy atom. The lowest BCUT2D eigenvalue weighted by Crippen LogP contribution is -2.36. The second-order valence-corrected chi connectivity index (χ2v) is 3.21. The highest BCUT2D eigenvalue weighted by Crippen LogP contribution is 2.34. The van der Waals surface area contributed by atoms with Crippen molar-refractivity contribution in [2.75, 3.05) is 13.2 Å². The summed E-state index contributed by atoms with van der Waals surface area (Å²) in [5.41, 5.74) is 5.20. The van der Waals surface area contributed by atoms with Gasteiger partial charge in [-0.3, -0.25) is 0 Å². The Morgan fingerprint density at radius 3 is 2.67 bits per heavy atom. The quantitative estimate of drug-likeness (QED) is 0.190. The molecule has 0 aromatic heterocycles. The van der Waals surface area contributed by atoms with Crippen molar-refractivity contribution in [2.24, 2.45) is 10.9 Å². The van der Waals surface area contributed by atoms with Gasteiger partial charge in [0.15, 0.2) is 0 Å². The van der Waals surface area contributed by atoms with E-state index in [1.165, 1.54) is 0 Å². The summed E-state index contributed by atoms with van der Waals surface area (Å²) in [5.74, 6) is 0.219. The van der Waals surface area contributed by atoms with Crippen LogP contribution in [0.15, 0.2) is 5.16 Å². The molecule has 0 aromatic carbocycles. The fourth-order valence-electron chi connectivity index (χ4n) is 1.05. The summed E-state index contributed by atoms with van der Waals surface area (Å²) < 4.78 is 0. The van der Waals surface area contributed by atoms with Crippen molar-refractivity contribution in [2.45, 2.75) is 24.8 Å². The van der Waals surface area contributed by atoms with Crippen molar-refractivity contribution in [1.82, 2.24) is 5.32 Å². The first-order valence-electron chi connectivity index (χ1n) is 4.05. The molecule has 1 fully saturated rings. The molecule has 0 heterocycles. The van der Waals surface area contributed by atoms with Gasteiger partial charge in [0.1, 0.15) is 5.84 Å². The molecule has 1 aliphatic rings. The summed E-state index contributed by atoms with van der Waals surface area (Å²) in [5, 5.41) is 23.1. The Balaban J connectivity index is 2.10. The van der Waals surface area contributed by atoms with Crippen molar-refractivity contribution in [3.05, 3.63) is 0 Å². The maximum atomic E-state index is 8.91. The zero-order valence-corrected chi connectivity index (χ0v) is 6.95. The smallest absolute Gasteiger partial charge is 0.140 e. The molecule has 0 aromatic rings. The molecule has 0 aliphatic heterocycles. The number of aliphatic hydroxyl groups is 1. The predicted molar refractivity (Wildman–Crippen MR) is 45.1 cm³/mol. The van der Waals surface area contributed by atoms with Gasteiger partial charge in [0.25, 0.3) is 0 Å². The normalized spacial score (nSPS) is 20.9. The molecule has 0 radical (unpaired) electrons. The zero-order valence-electron chi connectivity index (χ0n) is 6.95. The summed E-state index contributed by atoms with van der Waals surface area (Å²) in [6.45, 7) is 0.819. The van der Waals surface area contributed by atoms with Gasteiger partial charge < -0.3 is 21.4 Å². The topological polar surface area (TPSA) is 90.9 Å². The van der Waals surface area contributed by atoms with E-state index in [0.29, 0.717) is 13.0 Å². The van der Waals surface area contributed by atoms with Gasteiger partial charge in [0.05, 0.1) is 6.61 Å². The first-order chi connectivity index (χ1) is 5.72. The van der Waals surface area contributed by atoms with Gasteiger partial charge in [-0.2, -0.15) is 0 Å². The minimum atomic E-state index is -0.0598. The van der Waals surface area contributed by atoms with Crippen molar-refractivity contribution >= 4 is 5.84 Å². The first kappa shape index (κ1) is 9.28. The van der Waals surface area contributed by atoms with Gasteiger partial charge in [-0.1, -0.05) is 5.16 Å². The fraction of sp³-hybridized carbons (Fsp3) is 0.857. The monoisotopic (exact) mass is 173 g/mol. The highest BCUT2D eigenvalue weighted by atomic mass is 16.4. The Hall–Kier alpha value is -0.810. The van der Waals surface area contributed by atoms with Crippen LogP contribution in [0.2, 0.25) is 0 Å². The van der Waals surface area contributed by atoms with E-state index >= 15 is 0 Å². The van der Waals surface area contributed by atoms with E-state index in [9.17, 15) is 0 Å². The number of nitrogens with zero attached hydrogens (tertiary/aromatic N) is 1. The lowest BCUT2D eigenvalue weighted by atomic mass is 10.3. The second kappa shape index (κ2) is 3.73. The Bertz CT molecular complexity index is 177. The third-order valence-electron chi connectivity index (χ3n) is 2.17. The molecule has 0 saturated heterocycles. The van der Waals surface area contributed by atoms with Gasteiger partial charge in [0.2, 0.25) is 0 Å². The number of hydrogen-bond donors (Lipinski definition) is 4. The molecule has 1 aliphatic carbocycles. The van der Waals surface area contributed by atoms with Crippen LogP contribution in [-0.4, -0.2) is 34.8 Å². The van der Waals surface area contributed by atoms with Crippen molar-refractivity contribution in [3.8, 4) is 0 Å². The second-order valence-electron chi connectivity index (χ2n) is 3.21. The molecule has 12 heavy (non-hydrogen) atoms. The number of nitrogens with two attached hydrogens (primary N) is 1. The lowest BCUT2D eigenvalue weighted by molar-refractivity contribution is 0.231. The summed E-state index contributed by atoms with van der Waals surface area (Å²) >= 11 is 0. The number of oxime groups is 1. The van der Waals surface area contributed by atoms with E-state index in [4.69, 9.17) is 16.0 Å². The first-order valence-corrected chi connectivity index (χ1v) is 4.05. The zero-order chi connectivity index (χ0) is 9.03. The fourth-order valence-corrected chi connectivity index (χ4v) is 1.05. The highest BCUT2D eigenvalue weighted by molar-refractivity contribution is 5.79. The van der Waals surface area contributed by atoms with Crippen molar-refractivity contribution in [1.29, 1.82) is 0 Å². The van der Waals surface area contributed by atoms with Crippen LogP contribution in [0.1, 0.15) is 19.3 Å². The highest BCUT2D eigenvalue weighted by Gasteiger charge is 2.41. The molecule has 0 spiro atoms. The molecule has 0 bridgehead atoms. The number of nitrogens with one attached hydrogen (secondary N) is 1. The van der Waals surface area contributed by atoms with Crippen molar-refractivity contribution < 1.29 is 10.3 Å². The van der Waals surface area contributed by atoms with Crippen LogP contribution >= 0.6 is 0 Å². The molecule has 0 amide bonds. The summed E-state index contributed by atoms with van der Waals surface area (Å²) in [7, 11) is 0. The van der Waals surface area contributed by atoms with Crippen molar-refractivity contribution in [3.63, 3.8) is 0 Å². The average Bonchev–Trinajstić information content (AvgIpc) is 2.85. The van der Waals surface area contributed by atoms with E-state index in [2.05, 4.69) is 10.5 Å². The van der Waals surface area contributed by atoms with Gasteiger partial charge in [-0.05, 0) is 12.8 Å². The third kappa shape index (κ3) is 2.35. The Morgan fingerprint density at radius 2 is 2.25 bits per heavy atom. The average molecular weight is 173 g/mol. The maximum absolute atomic E-state index is 8.91. The molecule has 5 heteroatoms. The number of rotatable bonds is 5. The standard InChI is InChI=1S/C7H15N3O2/c8-6(10-12)1-4-9-7(5-11)2-3-7/h9,11-12H,1-5H2,(H2,8,10). The van der Waals surface area contributed by atoms with E-state index < -0.39 is 0 Å². The molecule has 5 N–H and O–H groups in total. The number of aliphatic hydroxyl groups excluding tert-OH is 1. The van der Waals surface area contributed by atoms with E-state index in [0.717, 1.165) is 12.8 Å². The minimum Gasteiger partial charge on any atom is -0.409 e. The molecule has 0 atom stereocenters. The third-order valence-corrected chi connectivity index (χ3v) is 2.17. The molecule has 0 unspecified atom stereocenters.